The van der Waals surface area contributed by atoms with E-state index in [9.17, 15) is 5.26 Å². The van der Waals surface area contributed by atoms with Gasteiger partial charge in [0, 0.05) is 24.0 Å². The molecule has 0 aliphatic rings. The molecule has 1 atom stereocenters. The summed E-state index contributed by atoms with van der Waals surface area (Å²) in [5.74, 6) is 0. The van der Waals surface area contributed by atoms with Gasteiger partial charge in [-0.05, 0) is 18.6 Å². The van der Waals surface area contributed by atoms with E-state index in [2.05, 4.69) is 16.4 Å². The van der Waals surface area contributed by atoms with Gasteiger partial charge in [-0.15, -0.1) is 0 Å². The van der Waals surface area contributed by atoms with E-state index >= 15 is 0 Å². The van der Waals surface area contributed by atoms with Gasteiger partial charge in [-0.25, -0.2) is 0 Å². The molecule has 2 aromatic rings. The highest BCUT2D eigenvalue weighted by atomic mass is 14.9. The Labute approximate surface area is 107 Å². The van der Waals surface area contributed by atoms with Crippen molar-refractivity contribution >= 4 is 0 Å². The largest absolute Gasteiger partial charge is 0.294 e. The van der Waals surface area contributed by atoms with E-state index in [1.165, 1.54) is 0 Å². The van der Waals surface area contributed by atoms with Crippen LogP contribution in [0.5, 0.6) is 0 Å². The zero-order valence-electron chi connectivity index (χ0n) is 10.3. The van der Waals surface area contributed by atoms with E-state index in [4.69, 9.17) is 0 Å². The number of hydrogen-bond donors (Lipinski definition) is 1. The second-order valence-corrected chi connectivity index (χ2v) is 4.16. The monoisotopic (exact) mass is 237 g/mol. The molecule has 0 radical (unpaired) electrons. The van der Waals surface area contributed by atoms with E-state index in [1.807, 2.05) is 49.4 Å². The second kappa shape index (κ2) is 5.95. The van der Waals surface area contributed by atoms with Crippen LogP contribution in [-0.2, 0) is 6.54 Å². The number of nitrogens with one attached hydrogen (secondary N) is 1. The minimum Gasteiger partial charge on any atom is -0.294 e. The Bertz CT molecular complexity index is 526. The summed E-state index contributed by atoms with van der Waals surface area (Å²) in [6.07, 6.45) is 1.75. The molecule has 0 aliphatic carbocycles. The molecule has 0 saturated carbocycles. The first kappa shape index (κ1) is 12.3. The number of hydrogen-bond acceptors (Lipinski definition) is 3. The van der Waals surface area contributed by atoms with Crippen molar-refractivity contribution in [3.8, 4) is 6.07 Å². The minimum atomic E-state index is -0.321. The summed E-state index contributed by atoms with van der Waals surface area (Å²) >= 11 is 0. The smallest absolute Gasteiger partial charge is 0.123 e. The normalized spacial score (nSPS) is 11.8. The van der Waals surface area contributed by atoms with Crippen LogP contribution in [0.15, 0.2) is 48.7 Å². The number of benzene rings is 1. The summed E-state index contributed by atoms with van der Waals surface area (Å²) in [6, 6.07) is 15.8. The lowest BCUT2D eigenvalue weighted by Crippen LogP contribution is -2.19. The molecule has 90 valence electrons. The predicted octanol–water partition coefficient (Wildman–Crippen LogP) is 2.74. The van der Waals surface area contributed by atoms with Crippen molar-refractivity contribution in [2.75, 3.05) is 0 Å². The Hall–Kier alpha value is -2.18. The van der Waals surface area contributed by atoms with E-state index in [0.29, 0.717) is 6.54 Å². The molecule has 1 unspecified atom stereocenters. The molecule has 0 fully saturated rings. The van der Waals surface area contributed by atoms with E-state index in [1.54, 1.807) is 6.20 Å². The fourth-order valence-electron chi connectivity index (χ4n) is 1.70. The van der Waals surface area contributed by atoms with Gasteiger partial charge >= 0.3 is 0 Å². The Morgan fingerprint density at radius 1 is 1.22 bits per heavy atom. The Balaban J connectivity index is 2.02. The van der Waals surface area contributed by atoms with E-state index in [0.717, 1.165) is 16.8 Å². The minimum absolute atomic E-state index is 0.321. The lowest BCUT2D eigenvalue weighted by atomic mass is 10.1. The maximum absolute atomic E-state index is 9.19. The molecule has 2 rings (SSSR count). The van der Waals surface area contributed by atoms with Gasteiger partial charge in [-0.3, -0.25) is 10.3 Å². The van der Waals surface area contributed by atoms with Crippen molar-refractivity contribution in [1.82, 2.24) is 10.3 Å². The first-order chi connectivity index (χ1) is 8.79. The average molecular weight is 237 g/mol. The van der Waals surface area contributed by atoms with E-state index in [-0.39, 0.29) is 6.04 Å². The highest BCUT2D eigenvalue weighted by Gasteiger charge is 2.09. The van der Waals surface area contributed by atoms with Crippen molar-refractivity contribution in [3.63, 3.8) is 0 Å². The van der Waals surface area contributed by atoms with Crippen LogP contribution in [0.4, 0.5) is 0 Å². The highest BCUT2D eigenvalue weighted by molar-refractivity contribution is 5.23. The Morgan fingerprint density at radius 3 is 2.61 bits per heavy atom. The van der Waals surface area contributed by atoms with Gasteiger partial charge in [0.25, 0.3) is 0 Å². The summed E-state index contributed by atoms with van der Waals surface area (Å²) in [5.41, 5.74) is 3.02. The molecule has 3 nitrogen and oxygen atoms in total. The second-order valence-electron chi connectivity index (χ2n) is 4.16. The van der Waals surface area contributed by atoms with Crippen LogP contribution < -0.4 is 5.32 Å². The Morgan fingerprint density at radius 2 is 2.00 bits per heavy atom. The number of aryl methyl sites for hydroxylation is 1. The van der Waals surface area contributed by atoms with Crippen LogP contribution in [0.25, 0.3) is 0 Å². The molecule has 0 saturated heterocycles. The van der Waals surface area contributed by atoms with Crippen LogP contribution in [0.2, 0.25) is 0 Å². The van der Waals surface area contributed by atoms with Gasteiger partial charge in [0.15, 0.2) is 0 Å². The van der Waals surface area contributed by atoms with Crippen LogP contribution in [0.3, 0.4) is 0 Å². The van der Waals surface area contributed by atoms with Crippen molar-refractivity contribution in [3.05, 3.63) is 65.5 Å². The number of pyridine rings is 1. The fourth-order valence-corrected chi connectivity index (χ4v) is 1.70. The van der Waals surface area contributed by atoms with Crippen molar-refractivity contribution in [1.29, 1.82) is 5.26 Å². The van der Waals surface area contributed by atoms with Crippen molar-refractivity contribution in [2.45, 2.75) is 19.5 Å². The molecule has 1 aromatic carbocycles. The van der Waals surface area contributed by atoms with Crippen LogP contribution in [0, 0.1) is 18.3 Å². The zero-order chi connectivity index (χ0) is 12.8. The summed E-state index contributed by atoms with van der Waals surface area (Å²) in [5, 5.41) is 12.4. The van der Waals surface area contributed by atoms with Crippen LogP contribution >= 0.6 is 0 Å². The third kappa shape index (κ3) is 3.16. The average Bonchev–Trinajstić information content (AvgIpc) is 2.42. The molecule has 18 heavy (non-hydrogen) atoms. The molecule has 0 spiro atoms. The van der Waals surface area contributed by atoms with E-state index < -0.39 is 0 Å². The lowest BCUT2D eigenvalue weighted by Gasteiger charge is -2.11. The maximum atomic E-state index is 9.19. The maximum Gasteiger partial charge on any atom is 0.123 e. The third-order valence-corrected chi connectivity index (χ3v) is 2.75. The summed E-state index contributed by atoms with van der Waals surface area (Å²) in [4.78, 5) is 4.21. The standard InChI is InChI=1S/C15H15N3/c1-12-7-8-14(11-17-12)15(9-16)18-10-13-5-3-2-4-6-13/h2-8,11,15,18H,10H2,1H3. The van der Waals surface area contributed by atoms with Gasteiger partial charge in [0.1, 0.15) is 6.04 Å². The number of nitriles is 1. The first-order valence-corrected chi connectivity index (χ1v) is 5.89. The van der Waals surface area contributed by atoms with Crippen molar-refractivity contribution < 1.29 is 0 Å². The van der Waals surface area contributed by atoms with Crippen LogP contribution in [0.1, 0.15) is 22.9 Å². The number of aromatic nitrogens is 1. The highest BCUT2D eigenvalue weighted by Crippen LogP contribution is 2.12. The molecule has 1 N–H and O–H groups in total. The number of nitrogens with zero attached hydrogens (tertiary/aromatic N) is 2. The summed E-state index contributed by atoms with van der Waals surface area (Å²) in [6.45, 7) is 2.61. The third-order valence-electron chi connectivity index (χ3n) is 2.75. The quantitative estimate of drug-likeness (QED) is 0.889. The van der Waals surface area contributed by atoms with Gasteiger partial charge in [0.2, 0.25) is 0 Å². The number of rotatable bonds is 4. The molecule has 0 aliphatic heterocycles. The molecule has 1 aromatic heterocycles. The molecule has 0 bridgehead atoms. The summed E-state index contributed by atoms with van der Waals surface area (Å²) in [7, 11) is 0. The lowest BCUT2D eigenvalue weighted by molar-refractivity contribution is 0.628. The summed E-state index contributed by atoms with van der Waals surface area (Å²) < 4.78 is 0. The SMILES string of the molecule is Cc1ccc(C(C#N)NCc2ccccc2)cn1. The molecule has 1 heterocycles. The molecular formula is C15H15N3. The molecule has 0 amide bonds. The molecular weight excluding hydrogens is 222 g/mol. The van der Waals surface area contributed by atoms with Gasteiger partial charge in [-0.1, -0.05) is 36.4 Å². The first-order valence-electron chi connectivity index (χ1n) is 5.89. The van der Waals surface area contributed by atoms with Gasteiger partial charge in [-0.2, -0.15) is 5.26 Å². The fraction of sp³-hybridized carbons (Fsp3) is 0.200. The van der Waals surface area contributed by atoms with Gasteiger partial charge in [0.05, 0.1) is 6.07 Å². The molecule has 3 heteroatoms. The van der Waals surface area contributed by atoms with Crippen LogP contribution in [-0.4, -0.2) is 4.98 Å². The zero-order valence-corrected chi connectivity index (χ0v) is 10.3. The Kier molecular flexibility index (Phi) is 4.06. The van der Waals surface area contributed by atoms with Gasteiger partial charge < -0.3 is 0 Å². The predicted molar refractivity (Wildman–Crippen MR) is 70.6 cm³/mol. The topological polar surface area (TPSA) is 48.7 Å². The van der Waals surface area contributed by atoms with Crippen molar-refractivity contribution in [2.24, 2.45) is 0 Å².